The van der Waals surface area contributed by atoms with Crippen LogP contribution in [0.5, 0.6) is 0 Å². The van der Waals surface area contributed by atoms with Gasteiger partial charge in [0.1, 0.15) is 11.2 Å². The topological polar surface area (TPSA) is 13.1 Å². The van der Waals surface area contributed by atoms with Crippen LogP contribution < -0.4 is 0 Å². The minimum absolute atomic E-state index is 0.0645. The summed E-state index contributed by atoms with van der Waals surface area (Å²) in [7, 11) is 0. The Balaban J connectivity index is 1.36. The largest absolute Gasteiger partial charge is 0.455 e. The van der Waals surface area contributed by atoms with E-state index in [9.17, 15) is 5.48 Å². The highest BCUT2D eigenvalue weighted by molar-refractivity contribution is 6.28. The van der Waals surface area contributed by atoms with E-state index in [0.717, 1.165) is 10.8 Å². The molecular formula is C46H28O. The monoisotopic (exact) mass is 609 g/mol. The molecule has 0 bridgehead atoms. The van der Waals surface area contributed by atoms with Crippen LogP contribution in [0.3, 0.4) is 0 Å². The first-order chi connectivity index (χ1) is 28.7. The van der Waals surface area contributed by atoms with E-state index < -0.39 is 42.3 Å². The van der Waals surface area contributed by atoms with Crippen molar-refractivity contribution in [1.29, 1.82) is 0 Å². The fourth-order valence-electron chi connectivity index (χ4n) is 6.98. The molecule has 1 heterocycles. The summed E-state index contributed by atoms with van der Waals surface area (Å²) in [6.45, 7) is 0. The van der Waals surface area contributed by atoms with Crippen LogP contribution in [0.25, 0.3) is 98.4 Å². The first-order valence-electron chi connectivity index (χ1n) is 21.6. The predicted molar refractivity (Wildman–Crippen MR) is 200 cm³/mol. The molecule has 10 rings (SSSR count). The fourth-order valence-corrected chi connectivity index (χ4v) is 6.98. The number of rotatable bonds is 3. The summed E-state index contributed by atoms with van der Waals surface area (Å²) in [4.78, 5) is 0. The zero-order valence-electron chi connectivity index (χ0n) is 37.6. The molecule has 0 aliphatic rings. The van der Waals surface area contributed by atoms with Gasteiger partial charge in [-0.2, -0.15) is 0 Å². The molecule has 9 aromatic carbocycles. The first kappa shape index (κ1) is 16.4. The second kappa shape index (κ2) is 10.2. The summed E-state index contributed by atoms with van der Waals surface area (Å²) < 4.78 is 121. The normalized spacial score (nSPS) is 15.7. The Hall–Kier alpha value is -6.18. The van der Waals surface area contributed by atoms with Crippen molar-refractivity contribution < 1.29 is 22.2 Å². The lowest BCUT2D eigenvalue weighted by molar-refractivity contribution is 0.673. The highest BCUT2D eigenvalue weighted by Gasteiger charge is 2.21. The van der Waals surface area contributed by atoms with E-state index >= 15 is 0 Å². The van der Waals surface area contributed by atoms with E-state index in [-0.39, 0.29) is 74.5 Å². The lowest BCUT2D eigenvalue weighted by atomic mass is 9.84. The van der Waals surface area contributed by atoms with Gasteiger partial charge < -0.3 is 4.42 Å². The van der Waals surface area contributed by atoms with Crippen LogP contribution >= 0.6 is 0 Å². The van der Waals surface area contributed by atoms with Crippen molar-refractivity contribution in [3.05, 3.63) is 170 Å². The highest BCUT2D eigenvalue weighted by Crippen LogP contribution is 2.48. The molecule has 0 fully saturated rings. The van der Waals surface area contributed by atoms with Gasteiger partial charge in [0.05, 0.1) is 17.8 Å². The molecule has 0 spiro atoms. The molecule has 0 saturated heterocycles. The molecule has 0 aliphatic carbocycles. The molecule has 0 aliphatic heterocycles. The van der Waals surface area contributed by atoms with Crippen molar-refractivity contribution in [2.45, 2.75) is 0 Å². The van der Waals surface area contributed by atoms with Gasteiger partial charge in [0.2, 0.25) is 0 Å². The Bertz CT molecular complexity index is 3480. The molecule has 0 atom stereocenters. The highest BCUT2D eigenvalue weighted by atomic mass is 16.3. The van der Waals surface area contributed by atoms with Crippen LogP contribution in [0.2, 0.25) is 0 Å². The Morgan fingerprint density at radius 3 is 1.79 bits per heavy atom. The lowest BCUT2D eigenvalue weighted by Gasteiger charge is -2.19. The van der Waals surface area contributed by atoms with Crippen LogP contribution in [0.4, 0.5) is 0 Å². The summed E-state index contributed by atoms with van der Waals surface area (Å²) >= 11 is 0. The van der Waals surface area contributed by atoms with Gasteiger partial charge in [-0.1, -0.05) is 145 Å². The number of fused-ring (bicyclic) bond motifs is 8. The fraction of sp³-hybridized carbons (Fsp3) is 0. The Labute approximate surface area is 290 Å². The summed E-state index contributed by atoms with van der Waals surface area (Å²) in [6.07, 6.45) is 0. The van der Waals surface area contributed by atoms with Crippen LogP contribution in [-0.2, 0) is 0 Å². The number of furan rings is 1. The molecule has 0 unspecified atom stereocenters. The third kappa shape index (κ3) is 3.90. The first-order valence-corrected chi connectivity index (χ1v) is 15.1. The summed E-state index contributed by atoms with van der Waals surface area (Å²) in [5.41, 5.74) is 2.79. The molecule has 10 aromatic rings. The van der Waals surface area contributed by atoms with Gasteiger partial charge in [0, 0.05) is 16.2 Å². The summed E-state index contributed by atoms with van der Waals surface area (Å²) in [6, 6.07) is 21.7. The van der Waals surface area contributed by atoms with Crippen LogP contribution in [0.15, 0.2) is 174 Å². The summed E-state index contributed by atoms with van der Waals surface area (Å²) in [5.74, 6) is 0. The molecule has 218 valence electrons. The third-order valence-corrected chi connectivity index (χ3v) is 8.97. The van der Waals surface area contributed by atoms with Gasteiger partial charge in [-0.3, -0.25) is 0 Å². The zero-order valence-corrected chi connectivity index (χ0v) is 24.6. The molecule has 0 N–H and O–H groups in total. The standard InChI is InChI=1S/C46H28O/c1-2-12-29(13-3-1)31-24-26-34-32(28-31)25-27-41-45-40(22-11-23-42(45)47-46(34)41)44-38-19-8-6-17-36(38)43(37-18-7-9-20-39(37)44)35-21-10-15-30-14-4-5-16-33(30)35/h1-28H/i1D,2D,3D,6D,7D,8D,9D,12D,13D,17D,18D,19D,20D. The van der Waals surface area contributed by atoms with Gasteiger partial charge in [-0.15, -0.1) is 0 Å². The van der Waals surface area contributed by atoms with Gasteiger partial charge in [0.15, 0.2) is 0 Å². The molecule has 1 heteroatoms. The molecule has 0 amide bonds. The van der Waals surface area contributed by atoms with Crippen molar-refractivity contribution in [3.63, 3.8) is 0 Å². The number of hydrogen-bond acceptors (Lipinski definition) is 1. The molecule has 0 saturated carbocycles. The zero-order chi connectivity index (χ0) is 42.2. The van der Waals surface area contributed by atoms with Crippen LogP contribution in [-0.4, -0.2) is 0 Å². The Morgan fingerprint density at radius 1 is 0.404 bits per heavy atom. The molecule has 1 aromatic heterocycles. The summed E-state index contributed by atoms with van der Waals surface area (Å²) in [5, 5.41) is 4.44. The predicted octanol–water partition coefficient (Wildman–Crippen LogP) is 13.2. The maximum absolute atomic E-state index is 9.47. The van der Waals surface area contributed by atoms with E-state index in [2.05, 4.69) is 0 Å². The Kier molecular flexibility index (Phi) is 3.55. The minimum Gasteiger partial charge on any atom is -0.455 e. The van der Waals surface area contributed by atoms with Crippen molar-refractivity contribution >= 4 is 65.0 Å². The molecule has 0 radical (unpaired) electrons. The van der Waals surface area contributed by atoms with Crippen LogP contribution in [0, 0.1) is 0 Å². The van der Waals surface area contributed by atoms with Gasteiger partial charge in [0.25, 0.3) is 0 Å². The number of hydrogen-bond donors (Lipinski definition) is 0. The lowest BCUT2D eigenvalue weighted by Crippen LogP contribution is -1.92. The third-order valence-electron chi connectivity index (χ3n) is 8.97. The smallest absolute Gasteiger partial charge is 0.143 e. The van der Waals surface area contributed by atoms with Gasteiger partial charge in [-0.25, -0.2) is 0 Å². The second-order valence-electron chi connectivity index (χ2n) is 11.4. The SMILES string of the molecule is [2H]c1c([2H])c([2H])c(-c2ccc3c(ccc4c3oc3cccc(-c5c6c([2H])c([2H])c([2H])c([2H])c6c(-c6cccc7ccccc67)c6c([2H])c([2H])c([2H])c([2H])c56)c34)c2)c([2H])c1[2H]. The van der Waals surface area contributed by atoms with Crippen LogP contribution in [0.1, 0.15) is 17.8 Å². The van der Waals surface area contributed by atoms with Crippen molar-refractivity contribution in [3.8, 4) is 33.4 Å². The van der Waals surface area contributed by atoms with Crippen molar-refractivity contribution in [2.75, 3.05) is 0 Å². The average Bonchev–Trinajstić information content (AvgIpc) is 3.66. The molecule has 47 heavy (non-hydrogen) atoms. The number of benzene rings is 9. The minimum atomic E-state index is -0.497. The van der Waals surface area contributed by atoms with E-state index in [0.29, 0.717) is 49.4 Å². The molecule has 1 nitrogen and oxygen atoms in total. The van der Waals surface area contributed by atoms with E-state index in [1.54, 1.807) is 42.5 Å². The van der Waals surface area contributed by atoms with Crippen molar-refractivity contribution in [2.24, 2.45) is 0 Å². The van der Waals surface area contributed by atoms with Gasteiger partial charge in [-0.05, 0) is 95.3 Å². The van der Waals surface area contributed by atoms with Gasteiger partial charge >= 0.3 is 0 Å². The van der Waals surface area contributed by atoms with E-state index in [1.807, 2.05) is 48.5 Å². The molecular weight excluding hydrogens is 569 g/mol. The maximum atomic E-state index is 9.47. The Morgan fingerprint density at radius 2 is 1.02 bits per heavy atom. The second-order valence-corrected chi connectivity index (χ2v) is 11.4. The van der Waals surface area contributed by atoms with E-state index in [1.165, 1.54) is 0 Å². The average molecular weight is 610 g/mol. The van der Waals surface area contributed by atoms with Crippen molar-refractivity contribution in [1.82, 2.24) is 0 Å². The maximum Gasteiger partial charge on any atom is 0.143 e. The quantitative estimate of drug-likeness (QED) is 0.182. The van der Waals surface area contributed by atoms with E-state index in [4.69, 9.17) is 16.8 Å².